The molecule has 1 atom stereocenters. The number of amides is 2. The van der Waals surface area contributed by atoms with Crippen LogP contribution in [-0.4, -0.2) is 31.5 Å². The number of fused-ring (bicyclic) bond motifs is 1. The van der Waals surface area contributed by atoms with Gasteiger partial charge in [0.05, 0.1) is 12.7 Å². The van der Waals surface area contributed by atoms with Crippen molar-refractivity contribution in [3.05, 3.63) is 51.2 Å². The van der Waals surface area contributed by atoms with Crippen molar-refractivity contribution >= 4 is 29.1 Å². The highest BCUT2D eigenvalue weighted by molar-refractivity contribution is 7.14. The topological polar surface area (TPSA) is 81.7 Å². The standard InChI is InChI=1S/C20H21NO5S/c1-12-7-8-16-13(9-12)10-17(27-16)20(24)26-11-18(22)21-19(23)14-5-3-4-6-15(14)25-2/h3-6,10,12H,7-9,11H2,1-2H3,(H,21,22,23)/t12-/m0/s1. The summed E-state index contributed by atoms with van der Waals surface area (Å²) in [7, 11) is 1.44. The summed E-state index contributed by atoms with van der Waals surface area (Å²) in [5, 5.41) is 2.20. The Morgan fingerprint density at radius 2 is 2.04 bits per heavy atom. The molecule has 2 amide bonds. The minimum Gasteiger partial charge on any atom is -0.496 e. The van der Waals surface area contributed by atoms with Crippen LogP contribution in [0.5, 0.6) is 5.75 Å². The molecule has 6 nitrogen and oxygen atoms in total. The number of methoxy groups -OCH3 is 1. The van der Waals surface area contributed by atoms with Crippen LogP contribution in [0.3, 0.4) is 0 Å². The first-order valence-corrected chi connectivity index (χ1v) is 9.55. The highest BCUT2D eigenvalue weighted by Gasteiger charge is 2.22. The fourth-order valence-electron chi connectivity index (χ4n) is 3.07. The molecule has 3 rings (SSSR count). The zero-order valence-electron chi connectivity index (χ0n) is 15.2. The van der Waals surface area contributed by atoms with Crippen LogP contribution in [0.15, 0.2) is 30.3 Å². The molecule has 0 bridgehead atoms. The summed E-state index contributed by atoms with van der Waals surface area (Å²) in [5.74, 6) is -0.855. The van der Waals surface area contributed by atoms with Gasteiger partial charge < -0.3 is 9.47 Å². The van der Waals surface area contributed by atoms with Crippen molar-refractivity contribution in [2.24, 2.45) is 5.92 Å². The van der Waals surface area contributed by atoms with E-state index in [1.807, 2.05) is 6.07 Å². The monoisotopic (exact) mass is 387 g/mol. The minimum absolute atomic E-state index is 0.236. The number of nitrogens with one attached hydrogen (secondary N) is 1. The van der Waals surface area contributed by atoms with Crippen LogP contribution in [-0.2, 0) is 22.4 Å². The molecule has 1 aliphatic carbocycles. The molecule has 0 saturated heterocycles. The van der Waals surface area contributed by atoms with Crippen molar-refractivity contribution in [2.45, 2.75) is 26.2 Å². The number of imide groups is 1. The van der Waals surface area contributed by atoms with Crippen LogP contribution in [0.4, 0.5) is 0 Å². The summed E-state index contributed by atoms with van der Waals surface area (Å²) in [4.78, 5) is 38.0. The Morgan fingerprint density at radius 3 is 2.81 bits per heavy atom. The number of hydrogen-bond acceptors (Lipinski definition) is 6. The fraction of sp³-hybridized carbons (Fsp3) is 0.350. The quantitative estimate of drug-likeness (QED) is 0.798. The summed E-state index contributed by atoms with van der Waals surface area (Å²) < 4.78 is 10.2. The maximum atomic E-state index is 12.2. The van der Waals surface area contributed by atoms with Gasteiger partial charge in [-0.2, -0.15) is 0 Å². The Hall–Kier alpha value is -2.67. The first-order chi connectivity index (χ1) is 13.0. The molecule has 142 valence electrons. The summed E-state index contributed by atoms with van der Waals surface area (Å²) in [6.07, 6.45) is 3.06. The smallest absolute Gasteiger partial charge is 0.348 e. The Labute approximate surface area is 161 Å². The van der Waals surface area contributed by atoms with Gasteiger partial charge in [-0.15, -0.1) is 11.3 Å². The number of carbonyl (C=O) groups is 3. The molecule has 1 aromatic carbocycles. The summed E-state index contributed by atoms with van der Waals surface area (Å²) in [6.45, 7) is 1.68. The Balaban J connectivity index is 1.54. The van der Waals surface area contributed by atoms with Gasteiger partial charge in [0.15, 0.2) is 6.61 Å². The van der Waals surface area contributed by atoms with Gasteiger partial charge in [0.2, 0.25) is 0 Å². The fourth-order valence-corrected chi connectivity index (χ4v) is 4.17. The Kier molecular flexibility index (Phi) is 5.91. The molecule has 27 heavy (non-hydrogen) atoms. The van der Waals surface area contributed by atoms with E-state index >= 15 is 0 Å². The van der Waals surface area contributed by atoms with Gasteiger partial charge in [0.1, 0.15) is 10.6 Å². The van der Waals surface area contributed by atoms with Gasteiger partial charge >= 0.3 is 5.97 Å². The van der Waals surface area contributed by atoms with E-state index in [1.165, 1.54) is 28.9 Å². The summed E-state index contributed by atoms with van der Waals surface area (Å²) >= 11 is 1.42. The minimum atomic E-state index is -0.686. The molecule has 0 radical (unpaired) electrons. The van der Waals surface area contributed by atoms with Crippen molar-refractivity contribution in [1.82, 2.24) is 5.32 Å². The Bertz CT molecular complexity index is 873. The zero-order valence-corrected chi connectivity index (χ0v) is 16.1. The maximum Gasteiger partial charge on any atom is 0.348 e. The predicted molar refractivity (Wildman–Crippen MR) is 101 cm³/mol. The van der Waals surface area contributed by atoms with Crippen LogP contribution >= 0.6 is 11.3 Å². The first kappa shape index (κ1) is 19.1. The largest absolute Gasteiger partial charge is 0.496 e. The van der Waals surface area contributed by atoms with Crippen molar-refractivity contribution < 1.29 is 23.9 Å². The molecular formula is C20H21NO5S. The zero-order chi connectivity index (χ0) is 19.4. The van der Waals surface area contributed by atoms with Gasteiger partial charge in [0.25, 0.3) is 11.8 Å². The highest BCUT2D eigenvalue weighted by Crippen LogP contribution is 2.32. The lowest BCUT2D eigenvalue weighted by Gasteiger charge is -2.16. The lowest BCUT2D eigenvalue weighted by Crippen LogP contribution is -2.34. The maximum absolute atomic E-state index is 12.2. The summed E-state index contributed by atoms with van der Waals surface area (Å²) in [6, 6.07) is 8.42. The van der Waals surface area contributed by atoms with E-state index < -0.39 is 24.4 Å². The van der Waals surface area contributed by atoms with Crippen molar-refractivity contribution in [3.63, 3.8) is 0 Å². The van der Waals surface area contributed by atoms with Crippen molar-refractivity contribution in [2.75, 3.05) is 13.7 Å². The van der Waals surface area contributed by atoms with Crippen LogP contribution in [0.25, 0.3) is 0 Å². The molecule has 1 aliphatic rings. The van der Waals surface area contributed by atoms with E-state index in [9.17, 15) is 14.4 Å². The molecule has 0 fully saturated rings. The van der Waals surface area contributed by atoms with E-state index in [0.29, 0.717) is 16.5 Å². The summed E-state index contributed by atoms with van der Waals surface area (Å²) in [5.41, 5.74) is 1.43. The average Bonchev–Trinajstić information content (AvgIpc) is 3.09. The van der Waals surface area contributed by atoms with Crippen molar-refractivity contribution in [3.8, 4) is 5.75 Å². The van der Waals surface area contributed by atoms with E-state index in [1.54, 1.807) is 24.3 Å². The number of rotatable bonds is 5. The molecule has 1 N–H and O–H groups in total. The number of esters is 1. The average molecular weight is 387 g/mol. The number of benzene rings is 1. The van der Waals surface area contributed by atoms with Gasteiger partial charge in [0, 0.05) is 4.88 Å². The van der Waals surface area contributed by atoms with Gasteiger partial charge in [-0.05, 0) is 48.9 Å². The van der Waals surface area contributed by atoms with Gasteiger partial charge in [-0.1, -0.05) is 19.1 Å². The Morgan fingerprint density at radius 1 is 1.26 bits per heavy atom. The molecule has 7 heteroatoms. The molecule has 0 spiro atoms. The van der Waals surface area contributed by atoms with E-state index in [2.05, 4.69) is 12.2 Å². The van der Waals surface area contributed by atoms with E-state index in [4.69, 9.17) is 9.47 Å². The third-order valence-corrected chi connectivity index (χ3v) is 5.69. The molecular weight excluding hydrogens is 366 g/mol. The third-order valence-electron chi connectivity index (χ3n) is 4.47. The predicted octanol–water partition coefficient (Wildman–Crippen LogP) is 2.99. The highest BCUT2D eigenvalue weighted by atomic mass is 32.1. The second kappa shape index (κ2) is 8.35. The molecule has 2 aromatic rings. The first-order valence-electron chi connectivity index (χ1n) is 8.74. The normalized spacial score (nSPS) is 15.6. The number of aryl methyl sites for hydroxylation is 1. The van der Waals surface area contributed by atoms with Gasteiger partial charge in [-0.3, -0.25) is 14.9 Å². The van der Waals surface area contributed by atoms with Crippen molar-refractivity contribution in [1.29, 1.82) is 0 Å². The molecule has 0 unspecified atom stereocenters. The molecule has 0 saturated carbocycles. The molecule has 0 aliphatic heterocycles. The van der Waals surface area contributed by atoms with E-state index in [0.717, 1.165) is 19.3 Å². The lowest BCUT2D eigenvalue weighted by atomic mass is 9.90. The second-order valence-corrected chi connectivity index (χ2v) is 7.70. The lowest BCUT2D eigenvalue weighted by molar-refractivity contribution is -0.123. The van der Waals surface area contributed by atoms with Gasteiger partial charge in [-0.25, -0.2) is 4.79 Å². The van der Waals surface area contributed by atoms with Crippen LogP contribution in [0.1, 0.15) is 43.8 Å². The van der Waals surface area contributed by atoms with Crippen LogP contribution in [0, 0.1) is 5.92 Å². The number of thiophene rings is 1. The molecule has 1 heterocycles. The molecule has 1 aromatic heterocycles. The van der Waals surface area contributed by atoms with Crippen LogP contribution in [0.2, 0.25) is 0 Å². The number of ether oxygens (including phenoxy) is 2. The number of hydrogen-bond donors (Lipinski definition) is 1. The second-order valence-electron chi connectivity index (χ2n) is 6.56. The number of carbonyl (C=O) groups excluding carboxylic acids is 3. The SMILES string of the molecule is COc1ccccc1C(=O)NC(=O)COC(=O)c1cc2c(s1)CC[C@H](C)C2. The van der Waals surface area contributed by atoms with Crippen LogP contribution < -0.4 is 10.1 Å². The third kappa shape index (κ3) is 4.54. The number of para-hydroxylation sites is 1. The van der Waals surface area contributed by atoms with E-state index in [-0.39, 0.29) is 5.56 Å².